The van der Waals surface area contributed by atoms with Gasteiger partial charge in [0, 0.05) is 13.7 Å². The number of epoxide rings is 1. The zero-order valence-electron chi connectivity index (χ0n) is 16.5. The van der Waals surface area contributed by atoms with Crippen molar-refractivity contribution in [2.75, 3.05) is 40.1 Å². The Morgan fingerprint density at radius 2 is 1.67 bits per heavy atom. The van der Waals surface area contributed by atoms with E-state index in [1.54, 1.807) is 7.11 Å². The molecule has 0 amide bonds. The lowest BCUT2D eigenvalue weighted by Gasteiger charge is -2.27. The molecule has 0 aliphatic carbocycles. The molecule has 1 saturated heterocycles. The van der Waals surface area contributed by atoms with Crippen molar-refractivity contribution in [2.24, 2.45) is 0 Å². The average molecular weight is 361 g/mol. The molecule has 4 nitrogen and oxygen atoms in total. The minimum atomic E-state index is -1.06. The smallest absolute Gasteiger partial charge is 0.104 e. The highest BCUT2D eigenvalue weighted by atomic mass is 28.3. The molecule has 0 aromatic carbocycles. The van der Waals surface area contributed by atoms with Crippen LogP contribution in [0.1, 0.15) is 46.0 Å². The maximum Gasteiger partial charge on any atom is 0.104 e. The number of ether oxygens (including phenoxy) is 4. The van der Waals surface area contributed by atoms with Crippen LogP contribution in [0.2, 0.25) is 24.7 Å². The SMILES string of the molecule is CCCC[Si](C)(CCCC)CCCOCC(COC)OCC1CO1. The molecule has 0 aromatic heterocycles. The van der Waals surface area contributed by atoms with Crippen LogP contribution >= 0.6 is 0 Å². The first-order valence-corrected chi connectivity index (χ1v) is 13.1. The quantitative estimate of drug-likeness (QED) is 0.217. The van der Waals surface area contributed by atoms with Crippen molar-refractivity contribution < 1.29 is 18.9 Å². The van der Waals surface area contributed by atoms with Crippen molar-refractivity contribution in [1.29, 1.82) is 0 Å². The van der Waals surface area contributed by atoms with Gasteiger partial charge in [-0.3, -0.25) is 0 Å². The molecule has 1 aliphatic heterocycles. The molecule has 0 N–H and O–H groups in total. The predicted molar refractivity (Wildman–Crippen MR) is 103 cm³/mol. The Morgan fingerprint density at radius 1 is 1.04 bits per heavy atom. The number of methoxy groups -OCH3 is 1. The maximum atomic E-state index is 5.88. The number of unbranched alkanes of at least 4 members (excludes halogenated alkanes) is 2. The first-order chi connectivity index (χ1) is 11.6. The van der Waals surface area contributed by atoms with Crippen molar-refractivity contribution >= 4 is 8.07 Å². The summed E-state index contributed by atoms with van der Waals surface area (Å²) >= 11 is 0. The van der Waals surface area contributed by atoms with E-state index in [9.17, 15) is 0 Å². The minimum absolute atomic E-state index is 0.0306. The van der Waals surface area contributed by atoms with Crippen molar-refractivity contribution in [3.63, 3.8) is 0 Å². The molecule has 2 atom stereocenters. The van der Waals surface area contributed by atoms with Crippen LogP contribution in [0.5, 0.6) is 0 Å². The molecule has 144 valence electrons. The summed E-state index contributed by atoms with van der Waals surface area (Å²) in [6.45, 7) is 10.8. The summed E-state index contributed by atoms with van der Waals surface area (Å²) in [5, 5.41) is 0. The summed E-state index contributed by atoms with van der Waals surface area (Å²) in [6.07, 6.45) is 6.98. The fourth-order valence-corrected chi connectivity index (χ4v) is 7.30. The minimum Gasteiger partial charge on any atom is -0.382 e. The third-order valence-corrected chi connectivity index (χ3v) is 9.60. The van der Waals surface area contributed by atoms with E-state index in [4.69, 9.17) is 18.9 Å². The van der Waals surface area contributed by atoms with Crippen LogP contribution in [-0.4, -0.2) is 60.4 Å². The molecule has 0 bridgehead atoms. The predicted octanol–water partition coefficient (Wildman–Crippen LogP) is 4.50. The van der Waals surface area contributed by atoms with Gasteiger partial charge in [0.25, 0.3) is 0 Å². The van der Waals surface area contributed by atoms with Crippen LogP contribution in [0.15, 0.2) is 0 Å². The van der Waals surface area contributed by atoms with Gasteiger partial charge in [0.1, 0.15) is 12.2 Å². The van der Waals surface area contributed by atoms with Crippen LogP contribution in [-0.2, 0) is 18.9 Å². The summed E-state index contributed by atoms with van der Waals surface area (Å²) in [5.74, 6) is 0. The molecule has 0 spiro atoms. The standard InChI is InChI=1S/C19H40O4Si/c1-5-7-11-24(4,12-8-6-2)13-9-10-21-15-18(14-20-3)22-16-19-17-23-19/h18-19H,5-17H2,1-4H3. The average Bonchev–Trinajstić information content (AvgIpc) is 3.40. The van der Waals surface area contributed by atoms with Gasteiger partial charge in [-0.1, -0.05) is 64.2 Å². The Kier molecular flexibility index (Phi) is 12.2. The van der Waals surface area contributed by atoms with Crippen molar-refractivity contribution in [3.05, 3.63) is 0 Å². The molecule has 1 aliphatic rings. The van der Waals surface area contributed by atoms with E-state index < -0.39 is 8.07 Å². The monoisotopic (exact) mass is 360 g/mol. The van der Waals surface area contributed by atoms with E-state index in [1.165, 1.54) is 50.2 Å². The van der Waals surface area contributed by atoms with Gasteiger partial charge in [-0.15, -0.1) is 0 Å². The van der Waals surface area contributed by atoms with Gasteiger partial charge in [0.15, 0.2) is 0 Å². The zero-order chi connectivity index (χ0) is 17.7. The van der Waals surface area contributed by atoms with E-state index in [1.807, 2.05) is 0 Å². The Balaban J connectivity index is 2.17. The largest absolute Gasteiger partial charge is 0.382 e. The van der Waals surface area contributed by atoms with Crippen molar-refractivity contribution in [2.45, 2.75) is 82.8 Å². The first-order valence-electron chi connectivity index (χ1n) is 9.93. The maximum absolute atomic E-state index is 5.88. The van der Waals surface area contributed by atoms with Gasteiger partial charge >= 0.3 is 0 Å². The summed E-state index contributed by atoms with van der Waals surface area (Å²) in [6, 6.07) is 4.37. The molecule has 0 radical (unpaired) electrons. The summed E-state index contributed by atoms with van der Waals surface area (Å²) in [5.41, 5.74) is 0. The highest BCUT2D eigenvalue weighted by Crippen LogP contribution is 2.27. The van der Waals surface area contributed by atoms with Crippen LogP contribution in [0.3, 0.4) is 0 Å². The summed E-state index contributed by atoms with van der Waals surface area (Å²) < 4.78 is 22.1. The lowest BCUT2D eigenvalue weighted by atomic mass is 10.4. The second kappa shape index (κ2) is 13.3. The molecule has 1 heterocycles. The van der Waals surface area contributed by atoms with Crippen LogP contribution in [0.4, 0.5) is 0 Å². The fraction of sp³-hybridized carbons (Fsp3) is 1.00. The van der Waals surface area contributed by atoms with Crippen molar-refractivity contribution in [3.8, 4) is 0 Å². The van der Waals surface area contributed by atoms with Crippen LogP contribution in [0.25, 0.3) is 0 Å². The third-order valence-electron chi connectivity index (χ3n) is 4.91. The lowest BCUT2D eigenvalue weighted by Crippen LogP contribution is -2.30. The molecular weight excluding hydrogens is 320 g/mol. The first kappa shape index (κ1) is 22.1. The highest BCUT2D eigenvalue weighted by Gasteiger charge is 2.26. The van der Waals surface area contributed by atoms with E-state index >= 15 is 0 Å². The Bertz CT molecular complexity index is 289. The molecule has 1 fully saturated rings. The zero-order valence-corrected chi connectivity index (χ0v) is 17.5. The highest BCUT2D eigenvalue weighted by molar-refractivity contribution is 6.78. The van der Waals surface area contributed by atoms with E-state index in [0.717, 1.165) is 13.2 Å². The van der Waals surface area contributed by atoms with E-state index in [-0.39, 0.29) is 6.10 Å². The molecular formula is C19H40O4Si. The molecule has 1 rings (SSSR count). The van der Waals surface area contributed by atoms with Gasteiger partial charge in [-0.2, -0.15) is 0 Å². The lowest BCUT2D eigenvalue weighted by molar-refractivity contribution is -0.0545. The molecule has 0 saturated carbocycles. The molecule has 5 heteroatoms. The summed E-state index contributed by atoms with van der Waals surface area (Å²) in [4.78, 5) is 0. The number of hydrogen-bond donors (Lipinski definition) is 0. The van der Waals surface area contributed by atoms with Crippen molar-refractivity contribution in [1.82, 2.24) is 0 Å². The normalized spacial score (nSPS) is 18.8. The topological polar surface area (TPSA) is 40.2 Å². The van der Waals surface area contributed by atoms with Gasteiger partial charge in [0.05, 0.1) is 34.5 Å². The Labute approximate surface area is 150 Å². The molecule has 2 unspecified atom stereocenters. The second-order valence-corrected chi connectivity index (χ2v) is 12.7. The second-order valence-electron chi connectivity index (χ2n) is 7.56. The van der Waals surface area contributed by atoms with Gasteiger partial charge in [0.2, 0.25) is 0 Å². The van der Waals surface area contributed by atoms with Crippen LogP contribution < -0.4 is 0 Å². The van der Waals surface area contributed by atoms with E-state index in [2.05, 4.69) is 20.4 Å². The number of rotatable bonds is 17. The van der Waals surface area contributed by atoms with Gasteiger partial charge < -0.3 is 18.9 Å². The number of hydrogen-bond acceptors (Lipinski definition) is 4. The van der Waals surface area contributed by atoms with E-state index in [0.29, 0.717) is 25.9 Å². The van der Waals surface area contributed by atoms with Gasteiger partial charge in [-0.25, -0.2) is 0 Å². The molecule has 0 aromatic rings. The third kappa shape index (κ3) is 10.8. The Hall–Kier alpha value is 0.0569. The Morgan fingerprint density at radius 3 is 2.21 bits per heavy atom. The van der Waals surface area contributed by atoms with Gasteiger partial charge in [-0.05, 0) is 6.42 Å². The summed E-state index contributed by atoms with van der Waals surface area (Å²) in [7, 11) is 0.653. The van der Waals surface area contributed by atoms with Crippen LogP contribution in [0, 0.1) is 0 Å². The fourth-order valence-electron chi connectivity index (χ4n) is 3.14. The molecule has 24 heavy (non-hydrogen) atoms.